The van der Waals surface area contributed by atoms with Crippen molar-refractivity contribution in [2.45, 2.75) is 18.2 Å². The van der Waals surface area contributed by atoms with Gasteiger partial charge in [-0.3, -0.25) is 14.5 Å². The van der Waals surface area contributed by atoms with Crippen LogP contribution in [0.5, 0.6) is 0 Å². The number of nitriles is 1. The van der Waals surface area contributed by atoms with Crippen molar-refractivity contribution in [3.8, 4) is 6.07 Å². The van der Waals surface area contributed by atoms with Crippen LogP contribution in [0.4, 0.5) is 10.1 Å². The third-order valence-corrected chi connectivity index (χ3v) is 6.72. The van der Waals surface area contributed by atoms with E-state index in [1.165, 1.54) is 23.3 Å². The van der Waals surface area contributed by atoms with Gasteiger partial charge in [-0.1, -0.05) is 39.8 Å². The number of nitrogens with one attached hydrogen (secondary N) is 1. The molecule has 0 spiro atoms. The fraction of sp³-hybridized carbons (Fsp3) is 0.125. The Morgan fingerprint density at radius 3 is 2.55 bits per heavy atom. The van der Waals surface area contributed by atoms with Crippen LogP contribution in [0, 0.1) is 17.1 Å². The molecule has 0 aliphatic carbocycles. The van der Waals surface area contributed by atoms with Gasteiger partial charge in [0, 0.05) is 10.2 Å². The van der Waals surface area contributed by atoms with Crippen molar-refractivity contribution in [2.24, 2.45) is 0 Å². The molecular weight excluding hydrogens is 509 g/mol. The minimum absolute atomic E-state index is 0.111. The molecule has 1 aromatic heterocycles. The molecule has 0 saturated carbocycles. The lowest BCUT2D eigenvalue weighted by molar-refractivity contribution is -0.117. The van der Waals surface area contributed by atoms with E-state index in [0.717, 1.165) is 21.8 Å². The second kappa shape index (κ2) is 10.1. The summed E-state index contributed by atoms with van der Waals surface area (Å²) in [5, 5.41) is 12.2. The van der Waals surface area contributed by atoms with Crippen molar-refractivity contribution in [2.75, 3.05) is 4.90 Å². The quantitative estimate of drug-likeness (QED) is 0.364. The molecule has 1 saturated heterocycles. The Kier molecular flexibility index (Phi) is 6.96. The van der Waals surface area contributed by atoms with E-state index in [4.69, 9.17) is 4.42 Å². The number of nitrogens with zero attached hydrogens (tertiary/aromatic N) is 2. The van der Waals surface area contributed by atoms with Gasteiger partial charge in [0.05, 0.1) is 18.1 Å². The van der Waals surface area contributed by atoms with Gasteiger partial charge in [-0.15, -0.1) is 0 Å². The van der Waals surface area contributed by atoms with Gasteiger partial charge in [-0.2, -0.15) is 5.26 Å². The molecule has 2 amide bonds. The summed E-state index contributed by atoms with van der Waals surface area (Å²) in [6.07, 6.45) is 1.82. The highest BCUT2D eigenvalue weighted by Gasteiger charge is 2.40. The topological polar surface area (TPSA) is 86.3 Å². The highest BCUT2D eigenvalue weighted by Crippen LogP contribution is 2.42. The number of thioether (sulfide) groups is 1. The molecule has 2 aromatic carbocycles. The minimum atomic E-state index is -0.603. The van der Waals surface area contributed by atoms with Crippen LogP contribution in [-0.4, -0.2) is 17.1 Å². The molecule has 166 valence electrons. The smallest absolute Gasteiger partial charge is 0.265 e. The van der Waals surface area contributed by atoms with Gasteiger partial charge >= 0.3 is 0 Å². The normalized spacial score (nSPS) is 17.1. The monoisotopic (exact) mass is 525 g/mol. The molecule has 2 heterocycles. The Morgan fingerprint density at radius 1 is 1.18 bits per heavy atom. The summed E-state index contributed by atoms with van der Waals surface area (Å²) in [6, 6.07) is 18.3. The first-order valence-corrected chi connectivity index (χ1v) is 11.6. The Morgan fingerprint density at radius 2 is 1.91 bits per heavy atom. The summed E-state index contributed by atoms with van der Waals surface area (Å²) in [7, 11) is 0. The van der Waals surface area contributed by atoms with Crippen molar-refractivity contribution in [3.63, 3.8) is 0 Å². The fourth-order valence-electron chi connectivity index (χ4n) is 3.32. The highest BCUT2D eigenvalue weighted by molar-refractivity contribution is 9.10. The summed E-state index contributed by atoms with van der Waals surface area (Å²) in [4.78, 5) is 27.7. The van der Waals surface area contributed by atoms with Crippen LogP contribution in [0.2, 0.25) is 0 Å². The molecule has 1 fully saturated rings. The van der Waals surface area contributed by atoms with Crippen molar-refractivity contribution in [1.82, 2.24) is 5.32 Å². The van der Waals surface area contributed by atoms with E-state index >= 15 is 0 Å². The van der Waals surface area contributed by atoms with E-state index in [2.05, 4.69) is 21.2 Å². The highest BCUT2D eigenvalue weighted by atomic mass is 79.9. The first kappa shape index (κ1) is 22.8. The molecule has 33 heavy (non-hydrogen) atoms. The molecule has 6 nitrogen and oxygen atoms in total. The summed E-state index contributed by atoms with van der Waals surface area (Å²) < 4.78 is 19.3. The third-order valence-electron chi connectivity index (χ3n) is 4.93. The fourth-order valence-corrected chi connectivity index (χ4v) is 4.89. The Balaban J connectivity index is 1.67. The number of halogens is 2. The van der Waals surface area contributed by atoms with Crippen LogP contribution in [0.15, 0.2) is 86.4 Å². The minimum Gasteiger partial charge on any atom is -0.467 e. The van der Waals surface area contributed by atoms with Crippen molar-refractivity contribution >= 4 is 45.2 Å². The first-order valence-electron chi connectivity index (χ1n) is 9.92. The lowest BCUT2D eigenvalue weighted by atomic mass is 10.1. The zero-order valence-electron chi connectivity index (χ0n) is 17.1. The molecule has 0 bridgehead atoms. The molecule has 1 atom stereocenters. The summed E-state index contributed by atoms with van der Waals surface area (Å²) in [5.41, 5.74) is 1.16. The van der Waals surface area contributed by atoms with Crippen LogP contribution in [0.1, 0.15) is 11.3 Å². The standard InChI is InChI=1S/C24H17BrFN3O3S/c25-16-5-9-18(10-6-16)29-23(31)21(12-15-3-7-17(26)8-4-15)33-24(29)20(13-27)22(30)28-14-19-2-1-11-32-19/h1-11,21H,12,14H2,(H,28,30)/b24-20-. The second-order valence-electron chi connectivity index (χ2n) is 7.14. The lowest BCUT2D eigenvalue weighted by Gasteiger charge is -2.18. The predicted molar refractivity (Wildman–Crippen MR) is 126 cm³/mol. The van der Waals surface area contributed by atoms with E-state index in [-0.39, 0.29) is 28.9 Å². The van der Waals surface area contributed by atoms with Crippen LogP contribution in [-0.2, 0) is 22.6 Å². The molecule has 9 heteroatoms. The summed E-state index contributed by atoms with van der Waals surface area (Å²) in [6.45, 7) is 0.111. The molecule has 3 aromatic rings. The summed E-state index contributed by atoms with van der Waals surface area (Å²) >= 11 is 4.53. The van der Waals surface area contributed by atoms with E-state index in [9.17, 15) is 19.2 Å². The zero-order chi connectivity index (χ0) is 23.4. The van der Waals surface area contributed by atoms with Gasteiger partial charge in [0.25, 0.3) is 5.91 Å². The van der Waals surface area contributed by atoms with E-state index < -0.39 is 11.2 Å². The Hall–Kier alpha value is -3.35. The van der Waals surface area contributed by atoms with E-state index in [0.29, 0.717) is 17.9 Å². The van der Waals surface area contributed by atoms with Gasteiger partial charge in [-0.05, 0) is 60.5 Å². The van der Waals surface area contributed by atoms with Crippen molar-refractivity contribution in [1.29, 1.82) is 5.26 Å². The SMILES string of the molecule is N#C/C(C(=O)NCc1ccco1)=C1/SC(Cc2ccc(F)cc2)C(=O)N1c1ccc(Br)cc1. The first-order chi connectivity index (χ1) is 16.0. The predicted octanol–water partition coefficient (Wildman–Crippen LogP) is 4.92. The van der Waals surface area contributed by atoms with Crippen molar-refractivity contribution in [3.05, 3.63) is 99.1 Å². The molecule has 0 radical (unpaired) electrons. The van der Waals surface area contributed by atoms with Crippen LogP contribution < -0.4 is 10.2 Å². The number of amides is 2. The maximum atomic E-state index is 13.4. The lowest BCUT2D eigenvalue weighted by Crippen LogP contribution is -2.32. The number of furan rings is 1. The van der Waals surface area contributed by atoms with Crippen LogP contribution >= 0.6 is 27.7 Å². The van der Waals surface area contributed by atoms with E-state index in [1.807, 2.05) is 6.07 Å². The maximum Gasteiger partial charge on any atom is 0.265 e. The van der Waals surface area contributed by atoms with Crippen molar-refractivity contribution < 1.29 is 18.4 Å². The van der Waals surface area contributed by atoms with Crippen LogP contribution in [0.3, 0.4) is 0 Å². The zero-order valence-corrected chi connectivity index (χ0v) is 19.5. The largest absolute Gasteiger partial charge is 0.467 e. The maximum absolute atomic E-state index is 13.4. The number of hydrogen-bond acceptors (Lipinski definition) is 5. The molecule has 4 rings (SSSR count). The van der Waals surface area contributed by atoms with Gasteiger partial charge in [-0.25, -0.2) is 4.39 Å². The van der Waals surface area contributed by atoms with Gasteiger partial charge in [0.15, 0.2) is 0 Å². The number of anilines is 1. The molecule has 1 N–H and O–H groups in total. The molecule has 1 aliphatic heterocycles. The van der Waals surface area contributed by atoms with Crippen LogP contribution in [0.25, 0.3) is 0 Å². The Bertz CT molecular complexity index is 1240. The molecule has 1 aliphatic rings. The second-order valence-corrected chi connectivity index (χ2v) is 9.25. The molecule has 1 unspecified atom stereocenters. The van der Waals surface area contributed by atoms with Gasteiger partial charge < -0.3 is 9.73 Å². The van der Waals surface area contributed by atoms with Gasteiger partial charge in [0.1, 0.15) is 28.2 Å². The third kappa shape index (κ3) is 5.18. The number of carbonyl (C=O) groups is 2. The molecular formula is C24H17BrFN3O3S. The number of carbonyl (C=O) groups excluding carboxylic acids is 2. The summed E-state index contributed by atoms with van der Waals surface area (Å²) in [5.74, 6) is -0.678. The van der Waals surface area contributed by atoms with Gasteiger partial charge in [0.2, 0.25) is 5.91 Å². The van der Waals surface area contributed by atoms with E-state index in [1.54, 1.807) is 48.5 Å². The Labute approximate surface area is 202 Å². The average molecular weight is 526 g/mol. The number of rotatable bonds is 6. The number of benzene rings is 2. The number of hydrogen-bond donors (Lipinski definition) is 1. The average Bonchev–Trinajstić information content (AvgIpc) is 3.44.